The van der Waals surface area contributed by atoms with Crippen molar-refractivity contribution in [3.05, 3.63) is 0 Å². The van der Waals surface area contributed by atoms with Crippen molar-refractivity contribution in [3.8, 4) is 0 Å². The standard InChI is InChI=1S/C9H15NO6/c1-14-9(13)6-4-15-7(16-6)3-2-5(10)8(11)12/h5-7H,2-4,10H2,1H3,(H,11,12)/t5-,6-,7+/m0/s1. The first kappa shape index (κ1) is 12.9. The summed E-state index contributed by atoms with van der Waals surface area (Å²) in [4.78, 5) is 21.5. The van der Waals surface area contributed by atoms with Gasteiger partial charge in [0.1, 0.15) is 6.04 Å². The second kappa shape index (κ2) is 5.78. The normalized spacial score (nSPS) is 26.4. The number of ether oxygens (including phenoxy) is 3. The van der Waals surface area contributed by atoms with Crippen LogP contribution in [0, 0.1) is 0 Å². The van der Waals surface area contributed by atoms with Gasteiger partial charge in [-0.25, -0.2) is 4.79 Å². The average Bonchev–Trinajstić information content (AvgIpc) is 2.73. The predicted molar refractivity (Wildman–Crippen MR) is 51.5 cm³/mol. The number of rotatable bonds is 5. The third-order valence-electron chi connectivity index (χ3n) is 2.24. The molecule has 0 aromatic heterocycles. The number of hydrogen-bond acceptors (Lipinski definition) is 6. The quantitative estimate of drug-likeness (QED) is 0.592. The van der Waals surface area contributed by atoms with Gasteiger partial charge in [-0.15, -0.1) is 0 Å². The lowest BCUT2D eigenvalue weighted by atomic mass is 10.2. The van der Waals surface area contributed by atoms with Crippen LogP contribution in [0.15, 0.2) is 0 Å². The summed E-state index contributed by atoms with van der Waals surface area (Å²) in [7, 11) is 1.26. The Morgan fingerprint density at radius 2 is 2.31 bits per heavy atom. The van der Waals surface area contributed by atoms with Gasteiger partial charge >= 0.3 is 11.9 Å². The Kier molecular flexibility index (Phi) is 4.66. The first-order valence-electron chi connectivity index (χ1n) is 4.88. The minimum Gasteiger partial charge on any atom is -0.480 e. The molecule has 0 saturated carbocycles. The van der Waals surface area contributed by atoms with Crippen LogP contribution in [-0.4, -0.2) is 49.2 Å². The summed E-state index contributed by atoms with van der Waals surface area (Å²) in [5, 5.41) is 8.55. The third-order valence-corrected chi connectivity index (χ3v) is 2.24. The van der Waals surface area contributed by atoms with Gasteiger partial charge in [-0.2, -0.15) is 0 Å². The molecule has 0 aromatic rings. The Balaban J connectivity index is 2.26. The molecule has 3 N–H and O–H groups in total. The van der Waals surface area contributed by atoms with Crippen molar-refractivity contribution >= 4 is 11.9 Å². The zero-order valence-electron chi connectivity index (χ0n) is 8.92. The van der Waals surface area contributed by atoms with Crippen LogP contribution in [0.4, 0.5) is 0 Å². The summed E-state index contributed by atoms with van der Waals surface area (Å²) in [6, 6.07) is -0.940. The lowest BCUT2D eigenvalue weighted by Crippen LogP contribution is -2.31. The Morgan fingerprint density at radius 1 is 1.62 bits per heavy atom. The Labute approximate surface area is 92.5 Å². The topological polar surface area (TPSA) is 108 Å². The molecule has 7 heteroatoms. The fourth-order valence-electron chi connectivity index (χ4n) is 1.30. The number of carboxylic acids is 1. The Morgan fingerprint density at radius 3 is 2.88 bits per heavy atom. The van der Waals surface area contributed by atoms with Gasteiger partial charge in [0.25, 0.3) is 0 Å². The molecule has 1 aliphatic heterocycles. The zero-order chi connectivity index (χ0) is 12.1. The molecule has 1 aliphatic rings. The highest BCUT2D eigenvalue weighted by Gasteiger charge is 2.32. The van der Waals surface area contributed by atoms with Crippen LogP contribution >= 0.6 is 0 Å². The van der Waals surface area contributed by atoms with Crippen LogP contribution < -0.4 is 5.73 Å². The van der Waals surface area contributed by atoms with E-state index in [0.717, 1.165) is 0 Å². The van der Waals surface area contributed by atoms with E-state index in [1.165, 1.54) is 7.11 Å². The molecule has 1 fully saturated rings. The van der Waals surface area contributed by atoms with E-state index in [1.807, 2.05) is 0 Å². The number of esters is 1. The Hall–Kier alpha value is -1.18. The van der Waals surface area contributed by atoms with Crippen molar-refractivity contribution in [2.75, 3.05) is 13.7 Å². The van der Waals surface area contributed by atoms with Gasteiger partial charge in [-0.3, -0.25) is 4.79 Å². The van der Waals surface area contributed by atoms with E-state index in [2.05, 4.69) is 4.74 Å². The van der Waals surface area contributed by atoms with Gasteiger partial charge in [0.05, 0.1) is 13.7 Å². The van der Waals surface area contributed by atoms with Crippen molar-refractivity contribution in [2.24, 2.45) is 5.73 Å². The molecular formula is C9H15NO6. The highest BCUT2D eigenvalue weighted by atomic mass is 16.7. The zero-order valence-corrected chi connectivity index (χ0v) is 8.92. The molecule has 7 nitrogen and oxygen atoms in total. The van der Waals surface area contributed by atoms with Crippen LogP contribution in [0.25, 0.3) is 0 Å². The SMILES string of the molecule is COC(=O)[C@@H]1CO[C@@H](CC[C@H](N)C(=O)O)O1. The van der Waals surface area contributed by atoms with Crippen molar-refractivity contribution in [1.82, 2.24) is 0 Å². The summed E-state index contributed by atoms with van der Waals surface area (Å²) in [5.41, 5.74) is 5.31. The van der Waals surface area contributed by atoms with Gasteiger partial charge in [0.2, 0.25) is 0 Å². The number of carbonyl (C=O) groups excluding carboxylic acids is 1. The number of nitrogens with two attached hydrogens (primary N) is 1. The van der Waals surface area contributed by atoms with Crippen molar-refractivity contribution in [2.45, 2.75) is 31.3 Å². The largest absolute Gasteiger partial charge is 0.480 e. The second-order valence-electron chi connectivity index (χ2n) is 3.43. The molecule has 0 bridgehead atoms. The molecule has 1 heterocycles. The molecule has 0 aliphatic carbocycles. The number of hydrogen-bond donors (Lipinski definition) is 2. The van der Waals surface area contributed by atoms with E-state index in [0.29, 0.717) is 6.42 Å². The highest BCUT2D eigenvalue weighted by Crippen LogP contribution is 2.17. The maximum absolute atomic E-state index is 11.1. The van der Waals surface area contributed by atoms with Crippen LogP contribution in [-0.2, 0) is 23.8 Å². The number of carbonyl (C=O) groups is 2. The van der Waals surface area contributed by atoms with Crippen LogP contribution in [0.2, 0.25) is 0 Å². The van der Waals surface area contributed by atoms with Crippen LogP contribution in [0.5, 0.6) is 0 Å². The van der Waals surface area contributed by atoms with E-state index < -0.39 is 30.4 Å². The average molecular weight is 233 g/mol. The van der Waals surface area contributed by atoms with Crippen LogP contribution in [0.1, 0.15) is 12.8 Å². The minimum absolute atomic E-state index is 0.125. The smallest absolute Gasteiger partial charge is 0.337 e. The van der Waals surface area contributed by atoms with Crippen molar-refractivity contribution in [1.29, 1.82) is 0 Å². The summed E-state index contributed by atoms with van der Waals surface area (Å²) in [6.07, 6.45) is -0.750. The summed E-state index contributed by atoms with van der Waals surface area (Å²) in [6.45, 7) is 0.125. The van der Waals surface area contributed by atoms with E-state index in [4.69, 9.17) is 20.3 Å². The maximum atomic E-state index is 11.1. The van der Waals surface area contributed by atoms with Gasteiger partial charge in [0.15, 0.2) is 12.4 Å². The summed E-state index contributed by atoms with van der Waals surface area (Å²) < 4.78 is 14.8. The molecular weight excluding hydrogens is 218 g/mol. The lowest BCUT2D eigenvalue weighted by Gasteiger charge is -2.11. The van der Waals surface area contributed by atoms with Gasteiger partial charge < -0.3 is 25.1 Å². The van der Waals surface area contributed by atoms with Gasteiger partial charge in [-0.05, 0) is 6.42 Å². The highest BCUT2D eigenvalue weighted by molar-refractivity contribution is 5.75. The third kappa shape index (κ3) is 3.44. The fourth-order valence-corrected chi connectivity index (χ4v) is 1.30. The molecule has 16 heavy (non-hydrogen) atoms. The van der Waals surface area contributed by atoms with Gasteiger partial charge in [0, 0.05) is 6.42 Å². The molecule has 0 unspecified atom stereocenters. The van der Waals surface area contributed by atoms with Crippen molar-refractivity contribution < 1.29 is 28.9 Å². The maximum Gasteiger partial charge on any atom is 0.337 e. The molecule has 1 saturated heterocycles. The fraction of sp³-hybridized carbons (Fsp3) is 0.778. The molecule has 0 radical (unpaired) electrons. The van der Waals surface area contributed by atoms with E-state index in [1.54, 1.807) is 0 Å². The predicted octanol–water partition coefficient (Wildman–Crippen LogP) is -0.907. The van der Waals surface area contributed by atoms with Gasteiger partial charge in [-0.1, -0.05) is 0 Å². The molecule has 3 atom stereocenters. The molecule has 0 aromatic carbocycles. The van der Waals surface area contributed by atoms with Crippen molar-refractivity contribution in [3.63, 3.8) is 0 Å². The first-order chi connectivity index (χ1) is 7.54. The number of aliphatic carboxylic acids is 1. The minimum atomic E-state index is -1.07. The van der Waals surface area contributed by atoms with E-state index in [-0.39, 0.29) is 13.0 Å². The van der Waals surface area contributed by atoms with Crippen LogP contribution in [0.3, 0.4) is 0 Å². The molecule has 92 valence electrons. The number of methoxy groups -OCH3 is 1. The first-order valence-corrected chi connectivity index (χ1v) is 4.88. The second-order valence-corrected chi connectivity index (χ2v) is 3.43. The van der Waals surface area contributed by atoms with E-state index >= 15 is 0 Å². The number of carboxylic acid groups (broad SMARTS) is 1. The lowest BCUT2D eigenvalue weighted by molar-refractivity contribution is -0.154. The monoisotopic (exact) mass is 233 g/mol. The molecule has 0 spiro atoms. The van der Waals surface area contributed by atoms with E-state index in [9.17, 15) is 9.59 Å². The summed E-state index contributed by atoms with van der Waals surface area (Å²) in [5.74, 6) is -1.56. The molecule has 1 rings (SSSR count). The summed E-state index contributed by atoms with van der Waals surface area (Å²) >= 11 is 0. The Bertz CT molecular complexity index is 269. The molecule has 0 amide bonds.